The fourth-order valence-electron chi connectivity index (χ4n) is 3.10. The Balaban J connectivity index is 1.79. The quantitative estimate of drug-likeness (QED) is 0.729. The Kier molecular flexibility index (Phi) is 3.49. The van der Waals surface area contributed by atoms with Crippen LogP contribution in [0.4, 0.5) is 10.1 Å². The van der Waals surface area contributed by atoms with Crippen molar-refractivity contribution in [3.8, 4) is 0 Å². The number of rotatable bonds is 2. The van der Waals surface area contributed by atoms with Gasteiger partial charge in [0.05, 0.1) is 11.2 Å². The lowest BCUT2D eigenvalue weighted by Crippen LogP contribution is -2.23. The van der Waals surface area contributed by atoms with Crippen molar-refractivity contribution >= 4 is 38.4 Å². The van der Waals surface area contributed by atoms with Crippen LogP contribution in [0.25, 0.3) is 10.9 Å². The van der Waals surface area contributed by atoms with Gasteiger partial charge in [0.1, 0.15) is 11.4 Å². The van der Waals surface area contributed by atoms with Crippen LogP contribution in [0.15, 0.2) is 51.9 Å². The highest BCUT2D eigenvalue weighted by Crippen LogP contribution is 2.24. The lowest BCUT2D eigenvalue weighted by molar-refractivity contribution is 0.102. The molecule has 120 valence electrons. The Bertz CT molecular complexity index is 1060. The predicted octanol–water partition coefficient (Wildman–Crippen LogP) is 3.71. The van der Waals surface area contributed by atoms with Crippen molar-refractivity contribution in [2.24, 2.45) is 0 Å². The lowest BCUT2D eigenvalue weighted by Gasteiger charge is -2.10. The first-order valence-corrected chi connectivity index (χ1v) is 8.25. The van der Waals surface area contributed by atoms with Crippen molar-refractivity contribution in [3.05, 3.63) is 74.2 Å². The van der Waals surface area contributed by atoms with E-state index in [-0.39, 0.29) is 16.7 Å². The van der Waals surface area contributed by atoms with Gasteiger partial charge in [-0.15, -0.1) is 0 Å². The molecule has 1 amide bonds. The molecule has 0 bridgehead atoms. The van der Waals surface area contributed by atoms with Crippen molar-refractivity contribution in [2.45, 2.75) is 13.0 Å². The summed E-state index contributed by atoms with van der Waals surface area (Å²) >= 11 is 3.16. The summed E-state index contributed by atoms with van der Waals surface area (Å²) in [5.74, 6) is -1.17. The molecule has 2 heterocycles. The zero-order chi connectivity index (χ0) is 16.8. The van der Waals surface area contributed by atoms with Crippen LogP contribution in [0, 0.1) is 5.82 Å². The van der Waals surface area contributed by atoms with E-state index in [1.54, 1.807) is 18.3 Å². The minimum absolute atomic E-state index is 0.0175. The number of carbonyl (C=O) groups is 1. The van der Waals surface area contributed by atoms with E-state index < -0.39 is 11.7 Å². The number of anilines is 1. The number of hydrogen-bond donors (Lipinski definition) is 1. The highest BCUT2D eigenvalue weighted by atomic mass is 79.9. The van der Waals surface area contributed by atoms with Crippen LogP contribution in [0.1, 0.15) is 15.9 Å². The van der Waals surface area contributed by atoms with E-state index in [0.29, 0.717) is 9.86 Å². The van der Waals surface area contributed by atoms with Gasteiger partial charge in [-0.25, -0.2) is 4.39 Å². The van der Waals surface area contributed by atoms with E-state index in [0.717, 1.165) is 24.0 Å². The first kappa shape index (κ1) is 15.1. The largest absolute Gasteiger partial charge is 0.346 e. The molecule has 2 aromatic carbocycles. The van der Waals surface area contributed by atoms with Gasteiger partial charge in [0, 0.05) is 22.6 Å². The molecular formula is C18H12BrFN2O2. The monoisotopic (exact) mass is 386 g/mol. The van der Waals surface area contributed by atoms with Crippen LogP contribution in [0.3, 0.4) is 0 Å². The van der Waals surface area contributed by atoms with Crippen molar-refractivity contribution in [3.63, 3.8) is 0 Å². The first-order valence-electron chi connectivity index (χ1n) is 7.46. The molecule has 0 aliphatic carbocycles. The van der Waals surface area contributed by atoms with Gasteiger partial charge in [-0.2, -0.15) is 0 Å². The number of aryl methyl sites for hydroxylation is 2. The summed E-state index contributed by atoms with van der Waals surface area (Å²) in [4.78, 5) is 25.2. The second-order valence-corrected chi connectivity index (χ2v) is 6.62. The van der Waals surface area contributed by atoms with Crippen molar-refractivity contribution in [1.82, 2.24) is 4.57 Å². The van der Waals surface area contributed by atoms with E-state index in [1.807, 2.05) is 16.7 Å². The van der Waals surface area contributed by atoms with E-state index in [9.17, 15) is 14.0 Å². The zero-order valence-corrected chi connectivity index (χ0v) is 14.1. The molecule has 1 aromatic heterocycles. The summed E-state index contributed by atoms with van der Waals surface area (Å²) in [6, 6.07) is 9.87. The molecule has 0 atom stereocenters. The van der Waals surface area contributed by atoms with E-state index >= 15 is 0 Å². The molecule has 0 spiro atoms. The van der Waals surface area contributed by atoms with Crippen LogP contribution < -0.4 is 10.7 Å². The molecule has 0 radical (unpaired) electrons. The Labute approximate surface area is 145 Å². The minimum atomic E-state index is -0.607. The third-order valence-corrected chi connectivity index (χ3v) is 4.72. The van der Waals surface area contributed by atoms with Crippen LogP contribution in [0.2, 0.25) is 0 Å². The standard InChI is InChI=1S/C18H12BrFN2O2/c19-11-4-5-15(14(20)8-11)21-18(24)13-9-22-7-6-10-2-1-3-12(16(10)22)17(13)23/h1-5,8-9H,6-7H2,(H,21,24). The Morgan fingerprint density at radius 1 is 1.25 bits per heavy atom. The topological polar surface area (TPSA) is 51.1 Å². The van der Waals surface area contributed by atoms with Gasteiger partial charge in [0.15, 0.2) is 0 Å². The van der Waals surface area contributed by atoms with Crippen LogP contribution in [-0.4, -0.2) is 10.5 Å². The number of pyridine rings is 1. The number of nitrogens with one attached hydrogen (secondary N) is 1. The molecule has 4 rings (SSSR count). The van der Waals surface area contributed by atoms with Gasteiger partial charge >= 0.3 is 0 Å². The third-order valence-electron chi connectivity index (χ3n) is 4.23. The number of amides is 1. The van der Waals surface area contributed by atoms with Gasteiger partial charge < -0.3 is 9.88 Å². The molecule has 4 nitrogen and oxygen atoms in total. The van der Waals surface area contributed by atoms with Crippen molar-refractivity contribution in [2.75, 3.05) is 5.32 Å². The maximum Gasteiger partial charge on any atom is 0.261 e. The maximum absolute atomic E-state index is 13.9. The molecule has 3 aromatic rings. The fraction of sp³-hybridized carbons (Fsp3) is 0.111. The number of aromatic nitrogens is 1. The summed E-state index contributed by atoms with van der Waals surface area (Å²) in [6.07, 6.45) is 2.40. The molecular weight excluding hydrogens is 375 g/mol. The Hall–Kier alpha value is -2.47. The van der Waals surface area contributed by atoms with Crippen LogP contribution in [-0.2, 0) is 13.0 Å². The maximum atomic E-state index is 13.9. The summed E-state index contributed by atoms with van der Waals surface area (Å²) in [6.45, 7) is 0.725. The van der Waals surface area contributed by atoms with Gasteiger partial charge in [-0.3, -0.25) is 9.59 Å². The number of halogens is 2. The Morgan fingerprint density at radius 2 is 2.08 bits per heavy atom. The highest BCUT2D eigenvalue weighted by molar-refractivity contribution is 9.10. The van der Waals surface area contributed by atoms with E-state index in [2.05, 4.69) is 21.2 Å². The van der Waals surface area contributed by atoms with E-state index in [1.165, 1.54) is 12.1 Å². The molecule has 1 N–H and O–H groups in total. The zero-order valence-electron chi connectivity index (χ0n) is 12.5. The van der Waals surface area contributed by atoms with E-state index in [4.69, 9.17) is 0 Å². The second-order valence-electron chi connectivity index (χ2n) is 5.71. The van der Waals surface area contributed by atoms with Gasteiger partial charge in [-0.1, -0.05) is 28.1 Å². The first-order chi connectivity index (χ1) is 11.5. The molecule has 6 heteroatoms. The third kappa shape index (κ3) is 2.34. The van der Waals surface area contributed by atoms with Gasteiger partial charge in [0.2, 0.25) is 5.43 Å². The molecule has 0 unspecified atom stereocenters. The highest BCUT2D eigenvalue weighted by Gasteiger charge is 2.21. The summed E-state index contributed by atoms with van der Waals surface area (Å²) in [5.41, 5.74) is 1.71. The van der Waals surface area contributed by atoms with Crippen molar-refractivity contribution in [1.29, 1.82) is 0 Å². The number of carbonyl (C=O) groups excluding carboxylic acids is 1. The predicted molar refractivity (Wildman–Crippen MR) is 94.0 cm³/mol. The van der Waals surface area contributed by atoms with Gasteiger partial charge in [-0.05, 0) is 36.2 Å². The van der Waals surface area contributed by atoms with Crippen LogP contribution in [0.5, 0.6) is 0 Å². The smallest absolute Gasteiger partial charge is 0.261 e. The number of nitrogens with zero attached hydrogens (tertiary/aromatic N) is 1. The minimum Gasteiger partial charge on any atom is -0.346 e. The summed E-state index contributed by atoms with van der Waals surface area (Å²) < 4.78 is 16.4. The Morgan fingerprint density at radius 3 is 2.88 bits per heavy atom. The molecule has 24 heavy (non-hydrogen) atoms. The number of benzene rings is 2. The molecule has 0 saturated heterocycles. The van der Waals surface area contributed by atoms with Gasteiger partial charge in [0.25, 0.3) is 5.91 Å². The lowest BCUT2D eigenvalue weighted by atomic mass is 10.1. The molecule has 1 aliphatic heterocycles. The van der Waals surface area contributed by atoms with Crippen LogP contribution >= 0.6 is 15.9 Å². The fourth-order valence-corrected chi connectivity index (χ4v) is 3.43. The molecule has 0 fully saturated rings. The molecule has 0 saturated carbocycles. The summed E-state index contributed by atoms with van der Waals surface area (Å²) in [5, 5.41) is 3.00. The second kappa shape index (κ2) is 5.56. The van der Waals surface area contributed by atoms with Crippen molar-refractivity contribution < 1.29 is 9.18 Å². The molecule has 1 aliphatic rings. The number of para-hydroxylation sites is 1. The number of hydrogen-bond acceptors (Lipinski definition) is 2. The average Bonchev–Trinajstić information content (AvgIpc) is 2.97. The SMILES string of the molecule is O=C(Nc1ccc(Br)cc1F)c1cn2c3c(cccc3c1=O)CC2. The summed E-state index contributed by atoms with van der Waals surface area (Å²) in [7, 11) is 0. The average molecular weight is 387 g/mol. The normalized spacial score (nSPS) is 12.6.